The highest BCUT2D eigenvalue weighted by Gasteiger charge is 2.45. The van der Waals surface area contributed by atoms with Gasteiger partial charge in [0, 0.05) is 65.7 Å². The van der Waals surface area contributed by atoms with Crippen LogP contribution in [0.2, 0.25) is 0 Å². The Morgan fingerprint density at radius 2 is 1.12 bits per heavy atom. The topological polar surface area (TPSA) is 47.6 Å². The third-order valence-corrected chi connectivity index (χ3v) is 16.2. The molecule has 12 aromatic rings. The van der Waals surface area contributed by atoms with Gasteiger partial charge in [-0.25, -0.2) is 0 Å². The monoisotopic (exact) mass is 854 g/mol. The number of hydrogen-bond donors (Lipinski definition) is 0. The van der Waals surface area contributed by atoms with Crippen LogP contribution in [0.3, 0.4) is 0 Å². The predicted molar refractivity (Wildman–Crippen MR) is 276 cm³/mol. The van der Waals surface area contributed by atoms with Crippen LogP contribution < -0.4 is 15.7 Å². The van der Waals surface area contributed by atoms with E-state index in [1.807, 2.05) is 0 Å². The number of furan rings is 3. The molecule has 66 heavy (non-hydrogen) atoms. The summed E-state index contributed by atoms with van der Waals surface area (Å²) >= 11 is 0. The average molecular weight is 855 g/mol. The summed E-state index contributed by atoms with van der Waals surface area (Å²) in [5.41, 5.74) is 20.6. The summed E-state index contributed by atoms with van der Waals surface area (Å²) in [6.07, 6.45) is 2.31. The van der Waals surface area contributed by atoms with Gasteiger partial charge in [-0.1, -0.05) is 109 Å². The first kappa shape index (κ1) is 37.1. The van der Waals surface area contributed by atoms with Crippen molar-refractivity contribution in [2.45, 2.75) is 77.6 Å². The van der Waals surface area contributed by atoms with Crippen LogP contribution in [0.4, 0.5) is 11.4 Å². The molecule has 8 aromatic carbocycles. The van der Waals surface area contributed by atoms with Crippen molar-refractivity contribution >= 4 is 117 Å². The largest absolute Gasteiger partial charge is 0.456 e. The molecule has 0 unspecified atom stereocenters. The molecule has 0 amide bonds. The first-order valence-corrected chi connectivity index (χ1v) is 23.6. The number of benzene rings is 8. The van der Waals surface area contributed by atoms with Gasteiger partial charge in [-0.15, -0.1) is 0 Å². The summed E-state index contributed by atoms with van der Waals surface area (Å²) in [4.78, 5) is 2.63. The highest BCUT2D eigenvalue weighted by atomic mass is 16.3. The predicted octanol–water partition coefficient (Wildman–Crippen LogP) is 15.4. The lowest BCUT2D eigenvalue weighted by Gasteiger charge is -2.42. The summed E-state index contributed by atoms with van der Waals surface area (Å²) < 4.78 is 22.9. The zero-order valence-electron chi connectivity index (χ0n) is 38.3. The van der Waals surface area contributed by atoms with Crippen molar-refractivity contribution in [3.63, 3.8) is 0 Å². The van der Waals surface area contributed by atoms with Crippen molar-refractivity contribution in [1.29, 1.82) is 0 Å². The number of para-hydroxylation sites is 2. The van der Waals surface area contributed by atoms with E-state index in [4.69, 9.17) is 13.3 Å². The van der Waals surface area contributed by atoms with E-state index in [0.717, 1.165) is 79.0 Å². The maximum Gasteiger partial charge on any atom is 0.333 e. The highest BCUT2D eigenvalue weighted by Crippen LogP contribution is 2.52. The van der Waals surface area contributed by atoms with Gasteiger partial charge in [0.15, 0.2) is 0 Å². The van der Waals surface area contributed by atoms with Gasteiger partial charge in [0.2, 0.25) is 0 Å². The van der Waals surface area contributed by atoms with Gasteiger partial charge in [-0.3, -0.25) is 0 Å². The SMILES string of the molecule is CC(C)(C)c1ccc(N2B3c4cc5oc6ccccc6c5cc4-n4c5ccc6oc7ccccc7c6c5c5ccc(c3c54)-c3cc4oc5cc6c(cc5c4cc32)C(C)(C)CCC6(C)C)cc1. The minimum atomic E-state index is -0.180. The maximum absolute atomic E-state index is 7.02. The van der Waals surface area contributed by atoms with E-state index in [2.05, 4.69) is 191 Å². The second-order valence-electron chi connectivity index (χ2n) is 21.9. The van der Waals surface area contributed by atoms with Gasteiger partial charge >= 0.3 is 6.85 Å². The third-order valence-electron chi connectivity index (χ3n) is 16.2. The Bertz CT molecular complexity index is 4170. The lowest BCUT2D eigenvalue weighted by Crippen LogP contribution is -2.60. The fourth-order valence-electron chi connectivity index (χ4n) is 12.6. The minimum Gasteiger partial charge on any atom is -0.456 e. The summed E-state index contributed by atoms with van der Waals surface area (Å²) in [6, 6.07) is 49.9. The number of fused-ring (bicyclic) bond motifs is 19. The molecular formula is C60H47BN2O3. The molecule has 6 heterocycles. The zero-order valence-corrected chi connectivity index (χ0v) is 38.3. The summed E-state index contributed by atoms with van der Waals surface area (Å²) in [7, 11) is 0. The quantitative estimate of drug-likeness (QED) is 0.154. The number of aromatic nitrogens is 1. The second kappa shape index (κ2) is 12.0. The van der Waals surface area contributed by atoms with Crippen LogP contribution in [-0.2, 0) is 16.2 Å². The van der Waals surface area contributed by atoms with E-state index in [9.17, 15) is 0 Å². The number of rotatable bonds is 1. The van der Waals surface area contributed by atoms with Crippen LogP contribution >= 0.6 is 0 Å². The Morgan fingerprint density at radius 3 is 1.89 bits per heavy atom. The van der Waals surface area contributed by atoms with Gasteiger partial charge in [0.05, 0.1) is 11.0 Å². The van der Waals surface area contributed by atoms with Crippen LogP contribution in [0.25, 0.3) is 104 Å². The first-order chi connectivity index (χ1) is 31.8. The average Bonchev–Trinajstić information content (AvgIpc) is 4.06. The smallest absolute Gasteiger partial charge is 0.333 e. The molecule has 0 radical (unpaired) electrons. The summed E-state index contributed by atoms with van der Waals surface area (Å²) in [5.74, 6) is 0. The van der Waals surface area contributed by atoms with Crippen LogP contribution in [-0.4, -0.2) is 11.4 Å². The van der Waals surface area contributed by atoms with Crippen LogP contribution in [0.5, 0.6) is 0 Å². The molecule has 0 saturated heterocycles. The van der Waals surface area contributed by atoms with Crippen LogP contribution in [0.15, 0.2) is 147 Å². The van der Waals surface area contributed by atoms with Gasteiger partial charge in [0.1, 0.15) is 33.5 Å². The van der Waals surface area contributed by atoms with E-state index in [0.29, 0.717) is 0 Å². The van der Waals surface area contributed by atoms with E-state index in [-0.39, 0.29) is 23.1 Å². The normalized spacial score (nSPS) is 16.2. The lowest BCUT2D eigenvalue weighted by atomic mass is 9.44. The van der Waals surface area contributed by atoms with Crippen molar-refractivity contribution < 1.29 is 13.3 Å². The molecule has 318 valence electrons. The van der Waals surface area contributed by atoms with Crippen molar-refractivity contribution in [2.24, 2.45) is 0 Å². The van der Waals surface area contributed by atoms with Gasteiger partial charge in [-0.2, -0.15) is 0 Å². The zero-order chi connectivity index (χ0) is 44.3. The third kappa shape index (κ3) is 4.62. The Morgan fingerprint density at radius 1 is 0.500 bits per heavy atom. The number of nitrogens with zero attached hydrogens (tertiary/aromatic N) is 2. The molecule has 0 fully saturated rings. The van der Waals surface area contributed by atoms with E-state index in [1.54, 1.807) is 0 Å². The van der Waals surface area contributed by atoms with Gasteiger partial charge in [-0.05, 0) is 135 Å². The van der Waals surface area contributed by atoms with E-state index in [1.165, 1.54) is 77.3 Å². The molecule has 0 saturated carbocycles. The minimum absolute atomic E-state index is 0.00825. The van der Waals surface area contributed by atoms with Crippen LogP contribution in [0, 0.1) is 0 Å². The summed E-state index contributed by atoms with van der Waals surface area (Å²) in [6.45, 7) is 16.3. The van der Waals surface area contributed by atoms with Gasteiger partial charge in [0.25, 0.3) is 0 Å². The molecule has 0 bridgehead atoms. The molecule has 15 rings (SSSR count). The fourth-order valence-corrected chi connectivity index (χ4v) is 12.6. The molecular weight excluding hydrogens is 807 g/mol. The Kier molecular flexibility index (Phi) is 6.73. The molecule has 3 aliphatic rings. The fraction of sp³-hybridized carbons (Fsp3) is 0.200. The maximum atomic E-state index is 7.02. The Hall–Kier alpha value is -7.18. The molecule has 1 aliphatic carbocycles. The first-order valence-electron chi connectivity index (χ1n) is 23.6. The Balaban J connectivity index is 1.11. The molecule has 5 nitrogen and oxygen atoms in total. The van der Waals surface area contributed by atoms with E-state index >= 15 is 0 Å². The number of hydrogen-bond acceptors (Lipinski definition) is 4. The summed E-state index contributed by atoms with van der Waals surface area (Å²) in [5, 5.41) is 9.31. The van der Waals surface area contributed by atoms with E-state index < -0.39 is 0 Å². The second-order valence-corrected chi connectivity index (χ2v) is 21.9. The van der Waals surface area contributed by atoms with Crippen LogP contribution in [0.1, 0.15) is 78.0 Å². The molecule has 4 aromatic heterocycles. The van der Waals surface area contributed by atoms with Crippen molar-refractivity contribution in [3.8, 4) is 16.8 Å². The van der Waals surface area contributed by atoms with Crippen molar-refractivity contribution in [3.05, 3.63) is 150 Å². The lowest BCUT2D eigenvalue weighted by molar-refractivity contribution is 0.332. The van der Waals surface area contributed by atoms with Crippen molar-refractivity contribution in [2.75, 3.05) is 4.81 Å². The molecule has 0 atom stereocenters. The molecule has 6 heteroatoms. The van der Waals surface area contributed by atoms with Crippen molar-refractivity contribution in [1.82, 2.24) is 4.57 Å². The standard InChI is InChI=1S/C60H47BN2O3/c1-58(2,3)32-16-18-33(19-17-32)63-46-27-41-39-26-42-43(60(6,7)25-24-59(42,4)5)30-52(39)66-51(41)29-38(46)35-20-21-37-54-45(22-23-50-55(54)36-13-9-11-15-49(36)64-50)62-47-28-40-34-12-8-10-14-48(34)65-53(40)31-44(47)61(63)56(35)57(37)62/h8-23,26-31H,24-25H2,1-7H3. The molecule has 0 N–H and O–H groups in total. The molecule has 2 aliphatic heterocycles. The Labute approximate surface area is 382 Å². The highest BCUT2D eigenvalue weighted by molar-refractivity contribution is 6.94. The molecule has 0 spiro atoms. The van der Waals surface area contributed by atoms with Gasteiger partial charge < -0.3 is 22.6 Å². The number of anilines is 2.